The van der Waals surface area contributed by atoms with Crippen molar-refractivity contribution < 1.29 is 14.3 Å². The zero-order chi connectivity index (χ0) is 16.2. The number of carbonyl (C=O) groups is 1. The van der Waals surface area contributed by atoms with Gasteiger partial charge in [-0.1, -0.05) is 0 Å². The molecule has 0 bridgehead atoms. The van der Waals surface area contributed by atoms with Crippen LogP contribution < -0.4 is 14.8 Å². The zero-order valence-electron chi connectivity index (χ0n) is 12.7. The predicted octanol–water partition coefficient (Wildman–Crippen LogP) is 3.39. The van der Waals surface area contributed by atoms with E-state index in [4.69, 9.17) is 9.47 Å². The number of nitrogens with one attached hydrogen (secondary N) is 1. The molecule has 6 heteroatoms. The zero-order valence-corrected chi connectivity index (χ0v) is 12.7. The average Bonchev–Trinajstić information content (AvgIpc) is 2.56. The maximum atomic E-state index is 11.0. The quantitative estimate of drug-likeness (QED) is 0.799. The summed E-state index contributed by atoms with van der Waals surface area (Å²) in [5, 5.41) is 3.50. The maximum Gasteiger partial charge on any atom is 0.221 e. The normalized spacial score (nSPS) is 10.3. The highest BCUT2D eigenvalue weighted by molar-refractivity contribution is 5.88. The minimum atomic E-state index is -0.112. The van der Waals surface area contributed by atoms with Crippen LogP contribution in [0, 0.1) is 0 Å². The van der Waals surface area contributed by atoms with Crippen LogP contribution in [0.3, 0.4) is 0 Å². The van der Waals surface area contributed by atoms with Crippen LogP contribution in [0.1, 0.15) is 6.92 Å². The Kier molecular flexibility index (Phi) is 4.05. The van der Waals surface area contributed by atoms with Gasteiger partial charge in [0.25, 0.3) is 0 Å². The smallest absolute Gasteiger partial charge is 0.221 e. The highest BCUT2D eigenvalue weighted by Gasteiger charge is 2.07. The lowest BCUT2D eigenvalue weighted by Crippen LogP contribution is -2.05. The van der Waals surface area contributed by atoms with Crippen LogP contribution in [0.2, 0.25) is 0 Å². The summed E-state index contributed by atoms with van der Waals surface area (Å²) in [6.45, 7) is 1.47. The molecule has 3 rings (SSSR count). The highest BCUT2D eigenvalue weighted by Crippen LogP contribution is 2.30. The van der Waals surface area contributed by atoms with Gasteiger partial charge in [-0.05, 0) is 30.3 Å². The van der Waals surface area contributed by atoms with Crippen molar-refractivity contribution in [1.82, 2.24) is 9.97 Å². The van der Waals surface area contributed by atoms with Gasteiger partial charge in [0.15, 0.2) is 0 Å². The number of pyridine rings is 2. The minimum absolute atomic E-state index is 0.112. The Morgan fingerprint density at radius 1 is 1.13 bits per heavy atom. The number of amides is 1. The predicted molar refractivity (Wildman–Crippen MR) is 86.9 cm³/mol. The number of nitrogens with zero attached hydrogens (tertiary/aromatic N) is 2. The molecule has 0 saturated heterocycles. The van der Waals surface area contributed by atoms with E-state index in [1.54, 1.807) is 55.9 Å². The minimum Gasteiger partial charge on any atom is -0.481 e. The molecule has 0 saturated carbocycles. The van der Waals surface area contributed by atoms with Gasteiger partial charge in [-0.2, -0.15) is 0 Å². The average molecular weight is 309 g/mol. The number of ether oxygens (including phenoxy) is 2. The number of hydrogen-bond donors (Lipinski definition) is 1. The first-order chi connectivity index (χ1) is 11.2. The SMILES string of the molecule is COc1cc2nccc(Oc3ccc(NC(C)=O)cc3)c2cn1. The standard InChI is InChI=1S/C17H15N3O3/c1-11(21)20-12-3-5-13(6-4-12)23-16-7-8-18-15-9-17(22-2)19-10-14(15)16/h3-10H,1-2H3,(H,20,21). The lowest BCUT2D eigenvalue weighted by Gasteiger charge is -2.09. The molecule has 0 unspecified atom stereocenters. The Hall–Kier alpha value is -3.15. The van der Waals surface area contributed by atoms with Gasteiger partial charge in [-0.3, -0.25) is 9.78 Å². The molecule has 23 heavy (non-hydrogen) atoms. The molecule has 2 heterocycles. The number of fused-ring (bicyclic) bond motifs is 1. The van der Waals surface area contributed by atoms with Gasteiger partial charge >= 0.3 is 0 Å². The van der Waals surface area contributed by atoms with Crippen molar-refractivity contribution in [2.75, 3.05) is 12.4 Å². The van der Waals surface area contributed by atoms with Crippen molar-refractivity contribution in [2.45, 2.75) is 6.92 Å². The molecule has 0 radical (unpaired) electrons. The van der Waals surface area contributed by atoms with Crippen molar-refractivity contribution in [1.29, 1.82) is 0 Å². The fraction of sp³-hybridized carbons (Fsp3) is 0.118. The summed E-state index contributed by atoms with van der Waals surface area (Å²) >= 11 is 0. The summed E-state index contributed by atoms with van der Waals surface area (Å²) in [4.78, 5) is 19.5. The van der Waals surface area contributed by atoms with Gasteiger partial charge in [-0.15, -0.1) is 0 Å². The molecule has 0 aliphatic carbocycles. The van der Waals surface area contributed by atoms with Crippen LogP contribution in [-0.4, -0.2) is 23.0 Å². The van der Waals surface area contributed by atoms with E-state index < -0.39 is 0 Å². The Labute approximate surface area is 133 Å². The van der Waals surface area contributed by atoms with Crippen molar-refractivity contribution in [3.05, 3.63) is 48.8 Å². The van der Waals surface area contributed by atoms with E-state index in [1.165, 1.54) is 6.92 Å². The fourth-order valence-corrected chi connectivity index (χ4v) is 2.14. The Morgan fingerprint density at radius 3 is 2.61 bits per heavy atom. The van der Waals surface area contributed by atoms with E-state index in [0.717, 1.165) is 16.6 Å². The number of carbonyl (C=O) groups excluding carboxylic acids is 1. The van der Waals surface area contributed by atoms with Crippen molar-refractivity contribution in [3.63, 3.8) is 0 Å². The molecule has 6 nitrogen and oxygen atoms in total. The van der Waals surface area contributed by atoms with E-state index in [-0.39, 0.29) is 5.91 Å². The molecular weight excluding hydrogens is 294 g/mol. The third-order valence-electron chi connectivity index (χ3n) is 3.17. The van der Waals surface area contributed by atoms with Crippen molar-refractivity contribution >= 4 is 22.5 Å². The second-order valence-electron chi connectivity index (χ2n) is 4.86. The highest BCUT2D eigenvalue weighted by atomic mass is 16.5. The largest absolute Gasteiger partial charge is 0.481 e. The van der Waals surface area contributed by atoms with Gasteiger partial charge in [-0.25, -0.2) is 4.98 Å². The molecule has 3 aromatic rings. The number of rotatable bonds is 4. The second kappa shape index (κ2) is 6.31. The lowest BCUT2D eigenvalue weighted by molar-refractivity contribution is -0.114. The van der Waals surface area contributed by atoms with Gasteiger partial charge in [0.05, 0.1) is 18.0 Å². The summed E-state index contributed by atoms with van der Waals surface area (Å²) in [6.07, 6.45) is 3.34. The van der Waals surface area contributed by atoms with E-state index in [0.29, 0.717) is 17.4 Å². The first kappa shape index (κ1) is 14.8. The van der Waals surface area contributed by atoms with Crippen LogP contribution in [0.4, 0.5) is 5.69 Å². The van der Waals surface area contributed by atoms with Crippen LogP contribution in [0.25, 0.3) is 10.9 Å². The molecule has 0 fully saturated rings. The lowest BCUT2D eigenvalue weighted by atomic mass is 10.2. The van der Waals surface area contributed by atoms with Crippen LogP contribution in [0.5, 0.6) is 17.4 Å². The van der Waals surface area contributed by atoms with E-state index in [1.807, 2.05) is 0 Å². The Bertz CT molecular complexity index is 847. The third-order valence-corrected chi connectivity index (χ3v) is 3.17. The van der Waals surface area contributed by atoms with E-state index in [2.05, 4.69) is 15.3 Å². The number of anilines is 1. The molecule has 0 aliphatic heterocycles. The van der Waals surface area contributed by atoms with Crippen LogP contribution in [-0.2, 0) is 4.79 Å². The monoisotopic (exact) mass is 309 g/mol. The molecule has 0 aliphatic rings. The summed E-state index contributed by atoms with van der Waals surface area (Å²) in [6, 6.07) is 10.7. The summed E-state index contributed by atoms with van der Waals surface area (Å²) in [5.41, 5.74) is 1.46. The molecule has 116 valence electrons. The maximum absolute atomic E-state index is 11.0. The summed E-state index contributed by atoms with van der Waals surface area (Å²) < 4.78 is 11.0. The Balaban J connectivity index is 1.87. The first-order valence-corrected chi connectivity index (χ1v) is 7.00. The van der Waals surface area contributed by atoms with Crippen LogP contribution >= 0.6 is 0 Å². The molecule has 0 atom stereocenters. The molecule has 1 amide bonds. The Morgan fingerprint density at radius 2 is 1.91 bits per heavy atom. The molecule has 1 N–H and O–H groups in total. The molecule has 1 aromatic carbocycles. The summed E-state index contributed by atoms with van der Waals surface area (Å²) in [5.74, 6) is 1.69. The third kappa shape index (κ3) is 3.37. The molecule has 0 spiro atoms. The fourth-order valence-electron chi connectivity index (χ4n) is 2.14. The molecular formula is C17H15N3O3. The van der Waals surface area contributed by atoms with Gasteiger partial charge in [0.1, 0.15) is 11.5 Å². The topological polar surface area (TPSA) is 73.3 Å². The number of aromatic nitrogens is 2. The molecule has 2 aromatic heterocycles. The van der Waals surface area contributed by atoms with E-state index >= 15 is 0 Å². The van der Waals surface area contributed by atoms with Gasteiger partial charge in [0.2, 0.25) is 11.8 Å². The van der Waals surface area contributed by atoms with Gasteiger partial charge in [0, 0.05) is 31.1 Å². The summed E-state index contributed by atoms with van der Waals surface area (Å²) in [7, 11) is 1.56. The number of hydrogen-bond acceptors (Lipinski definition) is 5. The number of benzene rings is 1. The second-order valence-corrected chi connectivity index (χ2v) is 4.86. The first-order valence-electron chi connectivity index (χ1n) is 7.00. The van der Waals surface area contributed by atoms with E-state index in [9.17, 15) is 4.79 Å². The number of methoxy groups -OCH3 is 1. The van der Waals surface area contributed by atoms with Crippen LogP contribution in [0.15, 0.2) is 48.8 Å². The van der Waals surface area contributed by atoms with Gasteiger partial charge < -0.3 is 14.8 Å². The van der Waals surface area contributed by atoms with Crippen molar-refractivity contribution in [3.8, 4) is 17.4 Å². The van der Waals surface area contributed by atoms with Crippen molar-refractivity contribution in [2.24, 2.45) is 0 Å².